The third-order valence-corrected chi connectivity index (χ3v) is 4.52. The van der Waals surface area contributed by atoms with Gasteiger partial charge >= 0.3 is 0 Å². The first-order valence-corrected chi connectivity index (χ1v) is 8.08. The van der Waals surface area contributed by atoms with Gasteiger partial charge in [-0.05, 0) is 17.5 Å². The summed E-state index contributed by atoms with van der Waals surface area (Å²) in [4.78, 5) is 1.23. The van der Waals surface area contributed by atoms with Crippen molar-refractivity contribution in [2.24, 2.45) is 0 Å². The van der Waals surface area contributed by atoms with Crippen molar-refractivity contribution in [2.45, 2.75) is 0 Å². The fourth-order valence-electron chi connectivity index (χ4n) is 2.55. The Morgan fingerprint density at radius 2 is 1.36 bits per heavy atom. The van der Waals surface area contributed by atoms with Crippen LogP contribution in [0, 0.1) is 0 Å². The molecule has 0 aliphatic rings. The number of thiophene rings is 1. The van der Waals surface area contributed by atoms with Gasteiger partial charge in [0.25, 0.3) is 0 Å². The number of furan rings is 1. The van der Waals surface area contributed by atoms with Crippen molar-refractivity contribution in [3.8, 4) is 33.1 Å². The molecule has 4 rings (SSSR count). The molecule has 0 radical (unpaired) electrons. The Kier molecular flexibility index (Phi) is 3.37. The van der Waals surface area contributed by atoms with Crippen molar-refractivity contribution < 1.29 is 4.42 Å². The van der Waals surface area contributed by atoms with E-state index in [0.717, 1.165) is 28.2 Å². The molecule has 0 fully saturated rings. The second-order valence-electron chi connectivity index (χ2n) is 5.06. The average molecular weight is 302 g/mol. The minimum absolute atomic E-state index is 0.905. The van der Waals surface area contributed by atoms with Crippen molar-refractivity contribution in [1.29, 1.82) is 0 Å². The lowest BCUT2D eigenvalue weighted by atomic mass is 10.1. The van der Waals surface area contributed by atoms with E-state index in [-0.39, 0.29) is 0 Å². The molecule has 0 atom stereocenters. The Balaban J connectivity index is 1.91. The number of hydrogen-bond acceptors (Lipinski definition) is 2. The Labute approximate surface area is 133 Å². The molecule has 0 bridgehead atoms. The molecular weight excluding hydrogens is 288 g/mol. The van der Waals surface area contributed by atoms with Crippen LogP contribution in [-0.4, -0.2) is 0 Å². The third-order valence-electron chi connectivity index (χ3n) is 3.61. The molecule has 2 aromatic heterocycles. The first kappa shape index (κ1) is 13.1. The summed E-state index contributed by atoms with van der Waals surface area (Å²) in [6.07, 6.45) is 0. The zero-order chi connectivity index (χ0) is 14.8. The number of rotatable bonds is 3. The smallest absolute Gasteiger partial charge is 0.143 e. The maximum absolute atomic E-state index is 6.22. The van der Waals surface area contributed by atoms with E-state index in [2.05, 4.69) is 47.8 Å². The first-order chi connectivity index (χ1) is 10.9. The Morgan fingerprint density at radius 3 is 2.00 bits per heavy atom. The van der Waals surface area contributed by atoms with Crippen molar-refractivity contribution in [2.75, 3.05) is 0 Å². The summed E-state index contributed by atoms with van der Waals surface area (Å²) in [7, 11) is 0. The van der Waals surface area contributed by atoms with Crippen LogP contribution in [0.3, 0.4) is 0 Å². The molecule has 0 aliphatic carbocycles. The number of benzene rings is 2. The molecule has 2 heteroatoms. The van der Waals surface area contributed by atoms with Crippen molar-refractivity contribution in [1.82, 2.24) is 0 Å². The van der Waals surface area contributed by atoms with E-state index >= 15 is 0 Å². The topological polar surface area (TPSA) is 13.1 Å². The van der Waals surface area contributed by atoms with E-state index in [4.69, 9.17) is 4.42 Å². The summed E-state index contributed by atoms with van der Waals surface area (Å²) in [5, 5.41) is 2.10. The van der Waals surface area contributed by atoms with Gasteiger partial charge in [0.15, 0.2) is 0 Å². The summed E-state index contributed by atoms with van der Waals surface area (Å²) < 4.78 is 6.22. The summed E-state index contributed by atoms with van der Waals surface area (Å²) >= 11 is 1.73. The van der Waals surface area contributed by atoms with Crippen molar-refractivity contribution in [3.63, 3.8) is 0 Å². The maximum Gasteiger partial charge on any atom is 0.143 e. The van der Waals surface area contributed by atoms with Gasteiger partial charge in [-0.15, -0.1) is 11.3 Å². The van der Waals surface area contributed by atoms with Crippen LogP contribution in [0.2, 0.25) is 0 Å². The van der Waals surface area contributed by atoms with E-state index in [9.17, 15) is 0 Å². The molecule has 0 spiro atoms. The molecule has 0 saturated heterocycles. The summed E-state index contributed by atoms with van der Waals surface area (Å²) in [6, 6.07) is 26.9. The highest BCUT2D eigenvalue weighted by molar-refractivity contribution is 7.13. The lowest BCUT2D eigenvalue weighted by Gasteiger charge is -2.00. The monoisotopic (exact) mass is 302 g/mol. The van der Waals surface area contributed by atoms with Crippen molar-refractivity contribution in [3.05, 3.63) is 84.2 Å². The van der Waals surface area contributed by atoms with E-state index < -0.39 is 0 Å². The van der Waals surface area contributed by atoms with Crippen LogP contribution in [0.25, 0.3) is 33.1 Å². The molecule has 0 saturated carbocycles. The Bertz CT molecular complexity index is 859. The van der Waals surface area contributed by atoms with Crippen LogP contribution in [0.15, 0.2) is 88.7 Å². The molecule has 1 nitrogen and oxygen atoms in total. The maximum atomic E-state index is 6.22. The molecule has 0 aliphatic heterocycles. The average Bonchev–Trinajstić information content (AvgIpc) is 3.26. The predicted octanol–water partition coefficient (Wildman–Crippen LogP) is 6.34. The van der Waals surface area contributed by atoms with Gasteiger partial charge in [0.05, 0.1) is 0 Å². The zero-order valence-electron chi connectivity index (χ0n) is 11.9. The van der Waals surface area contributed by atoms with Crippen LogP contribution < -0.4 is 0 Å². The highest BCUT2D eigenvalue weighted by Crippen LogP contribution is 2.40. The van der Waals surface area contributed by atoms with E-state index in [1.807, 2.05) is 36.4 Å². The van der Waals surface area contributed by atoms with Gasteiger partial charge in [-0.25, -0.2) is 0 Å². The fourth-order valence-corrected chi connectivity index (χ4v) is 3.29. The molecule has 0 unspecified atom stereocenters. The molecule has 4 aromatic rings. The Hall–Kier alpha value is -2.58. The van der Waals surface area contributed by atoms with Crippen LogP contribution >= 0.6 is 11.3 Å². The zero-order valence-corrected chi connectivity index (χ0v) is 12.7. The second-order valence-corrected chi connectivity index (χ2v) is 6.01. The minimum atomic E-state index is 0.905. The molecule has 2 heterocycles. The largest absolute Gasteiger partial charge is 0.455 e. The highest BCUT2D eigenvalue weighted by Gasteiger charge is 2.16. The third kappa shape index (κ3) is 2.38. The quantitative estimate of drug-likeness (QED) is 0.430. The summed E-state index contributed by atoms with van der Waals surface area (Å²) in [6.45, 7) is 0. The van der Waals surface area contributed by atoms with Crippen LogP contribution in [-0.2, 0) is 0 Å². The van der Waals surface area contributed by atoms with Gasteiger partial charge in [0.2, 0.25) is 0 Å². The lowest BCUT2D eigenvalue weighted by molar-refractivity contribution is 0.598. The second kappa shape index (κ2) is 5.66. The van der Waals surface area contributed by atoms with Crippen LogP contribution in [0.1, 0.15) is 0 Å². The standard InChI is InChI=1S/C20H14OS/c1-3-8-15(9-4-1)18-14-17(19-12-7-13-22-19)20(21-18)16-10-5-2-6-11-16/h1-14H. The molecular formula is C20H14OS. The van der Waals surface area contributed by atoms with E-state index in [0.29, 0.717) is 0 Å². The van der Waals surface area contributed by atoms with Gasteiger partial charge in [-0.2, -0.15) is 0 Å². The SMILES string of the molecule is c1ccc(-c2cc(-c3cccs3)c(-c3ccccc3)o2)cc1. The predicted molar refractivity (Wildman–Crippen MR) is 92.9 cm³/mol. The fraction of sp³-hybridized carbons (Fsp3) is 0. The van der Waals surface area contributed by atoms with E-state index in [1.165, 1.54) is 4.88 Å². The van der Waals surface area contributed by atoms with Gasteiger partial charge in [0, 0.05) is 21.6 Å². The molecule has 2 aromatic carbocycles. The number of hydrogen-bond donors (Lipinski definition) is 0. The van der Waals surface area contributed by atoms with Gasteiger partial charge in [0.1, 0.15) is 11.5 Å². The van der Waals surface area contributed by atoms with Crippen LogP contribution in [0.5, 0.6) is 0 Å². The van der Waals surface area contributed by atoms with Crippen molar-refractivity contribution >= 4 is 11.3 Å². The van der Waals surface area contributed by atoms with Gasteiger partial charge in [-0.3, -0.25) is 0 Å². The summed E-state index contributed by atoms with van der Waals surface area (Å²) in [5.74, 6) is 1.84. The van der Waals surface area contributed by atoms with Gasteiger partial charge in [-0.1, -0.05) is 66.7 Å². The summed E-state index contributed by atoms with van der Waals surface area (Å²) in [5.41, 5.74) is 3.36. The lowest BCUT2D eigenvalue weighted by Crippen LogP contribution is -1.76. The molecule has 0 N–H and O–H groups in total. The van der Waals surface area contributed by atoms with Gasteiger partial charge < -0.3 is 4.42 Å². The first-order valence-electron chi connectivity index (χ1n) is 7.20. The molecule has 106 valence electrons. The van der Waals surface area contributed by atoms with Crippen LogP contribution in [0.4, 0.5) is 0 Å². The van der Waals surface area contributed by atoms with E-state index in [1.54, 1.807) is 11.3 Å². The minimum Gasteiger partial charge on any atom is -0.455 e. The molecule has 22 heavy (non-hydrogen) atoms. The Morgan fingerprint density at radius 1 is 0.682 bits per heavy atom. The molecule has 0 amide bonds. The normalized spacial score (nSPS) is 10.7. The highest BCUT2D eigenvalue weighted by atomic mass is 32.1.